The molecule has 1 aromatic carbocycles. The number of fused-ring (bicyclic) bond motifs is 1. The summed E-state index contributed by atoms with van der Waals surface area (Å²) in [5.74, 6) is 1.64. The van der Waals surface area contributed by atoms with E-state index in [2.05, 4.69) is 56.0 Å². The second-order valence-electron chi connectivity index (χ2n) is 6.02. The van der Waals surface area contributed by atoms with Crippen molar-refractivity contribution in [2.45, 2.75) is 25.3 Å². The highest BCUT2D eigenvalue weighted by molar-refractivity contribution is 5.37. The van der Waals surface area contributed by atoms with Crippen molar-refractivity contribution in [1.82, 2.24) is 19.5 Å². The molecule has 0 atom stereocenters. The lowest BCUT2D eigenvalue weighted by atomic mass is 9.95. The average molecular weight is 292 g/mol. The van der Waals surface area contributed by atoms with Gasteiger partial charge < -0.3 is 0 Å². The molecule has 0 unspecified atom stereocenters. The molecule has 1 aliphatic rings. The molecular weight excluding hydrogens is 272 g/mol. The highest BCUT2D eigenvalue weighted by Crippen LogP contribution is 2.27. The summed E-state index contributed by atoms with van der Waals surface area (Å²) in [5, 5.41) is 8.70. The Hall–Kier alpha value is -2.20. The van der Waals surface area contributed by atoms with Crippen molar-refractivity contribution < 1.29 is 0 Å². The van der Waals surface area contributed by atoms with E-state index in [0.717, 1.165) is 43.9 Å². The molecule has 4 heteroatoms. The van der Waals surface area contributed by atoms with Crippen molar-refractivity contribution in [2.75, 3.05) is 13.1 Å². The van der Waals surface area contributed by atoms with E-state index in [1.54, 1.807) is 0 Å². The van der Waals surface area contributed by atoms with Crippen LogP contribution in [0, 0.1) is 0 Å². The smallest absolute Gasteiger partial charge is 0.160 e. The normalized spacial score (nSPS) is 17.1. The number of rotatable bonds is 3. The zero-order valence-corrected chi connectivity index (χ0v) is 12.6. The van der Waals surface area contributed by atoms with E-state index in [9.17, 15) is 0 Å². The van der Waals surface area contributed by atoms with Gasteiger partial charge in [-0.1, -0.05) is 36.4 Å². The van der Waals surface area contributed by atoms with Gasteiger partial charge in [0.15, 0.2) is 5.65 Å². The minimum absolute atomic E-state index is 0.518. The number of likely N-dealkylation sites (tertiary alicyclic amines) is 1. The first kappa shape index (κ1) is 13.5. The topological polar surface area (TPSA) is 33.4 Å². The molecule has 3 aromatic rings. The minimum atomic E-state index is 0.518. The fraction of sp³-hybridized carbons (Fsp3) is 0.333. The van der Waals surface area contributed by atoms with E-state index < -0.39 is 0 Å². The van der Waals surface area contributed by atoms with Crippen molar-refractivity contribution in [3.05, 3.63) is 66.1 Å². The van der Waals surface area contributed by atoms with Crippen LogP contribution in [0.25, 0.3) is 5.65 Å². The molecular formula is C18H20N4. The summed E-state index contributed by atoms with van der Waals surface area (Å²) in [5.41, 5.74) is 2.35. The van der Waals surface area contributed by atoms with Crippen LogP contribution in [-0.4, -0.2) is 32.6 Å². The van der Waals surface area contributed by atoms with Gasteiger partial charge in [-0.05, 0) is 43.6 Å². The zero-order valence-electron chi connectivity index (χ0n) is 12.6. The average Bonchev–Trinajstić information content (AvgIpc) is 3.01. The first-order valence-electron chi connectivity index (χ1n) is 7.96. The molecule has 1 saturated heterocycles. The van der Waals surface area contributed by atoms with E-state index in [1.807, 2.05) is 18.2 Å². The first-order valence-corrected chi connectivity index (χ1v) is 7.96. The second kappa shape index (κ2) is 5.89. The van der Waals surface area contributed by atoms with E-state index in [4.69, 9.17) is 0 Å². The highest BCUT2D eigenvalue weighted by atomic mass is 15.2. The van der Waals surface area contributed by atoms with Gasteiger partial charge in [0.2, 0.25) is 0 Å². The van der Waals surface area contributed by atoms with Crippen molar-refractivity contribution in [2.24, 2.45) is 0 Å². The second-order valence-corrected chi connectivity index (χ2v) is 6.02. The maximum absolute atomic E-state index is 4.42. The Kier molecular flexibility index (Phi) is 3.60. The van der Waals surface area contributed by atoms with Crippen LogP contribution in [0.4, 0.5) is 0 Å². The molecule has 2 aromatic heterocycles. The Morgan fingerprint density at radius 2 is 1.68 bits per heavy atom. The third-order valence-corrected chi connectivity index (χ3v) is 4.54. The molecule has 0 aliphatic carbocycles. The van der Waals surface area contributed by atoms with E-state index in [0.29, 0.717) is 5.92 Å². The van der Waals surface area contributed by atoms with Gasteiger partial charge in [-0.15, -0.1) is 10.2 Å². The van der Waals surface area contributed by atoms with Crippen LogP contribution >= 0.6 is 0 Å². The molecule has 0 bridgehead atoms. The Labute approximate surface area is 130 Å². The monoisotopic (exact) mass is 292 g/mol. The molecule has 0 amide bonds. The van der Waals surface area contributed by atoms with Crippen molar-refractivity contribution >= 4 is 5.65 Å². The van der Waals surface area contributed by atoms with Gasteiger partial charge in [0.05, 0.1) is 0 Å². The summed E-state index contributed by atoms with van der Waals surface area (Å²) >= 11 is 0. The van der Waals surface area contributed by atoms with Crippen LogP contribution in [0.2, 0.25) is 0 Å². The van der Waals surface area contributed by atoms with Crippen LogP contribution in [0.3, 0.4) is 0 Å². The molecule has 3 heterocycles. The number of hydrogen-bond donors (Lipinski definition) is 0. The number of nitrogens with zero attached hydrogens (tertiary/aromatic N) is 4. The van der Waals surface area contributed by atoms with Gasteiger partial charge in [-0.3, -0.25) is 9.30 Å². The van der Waals surface area contributed by atoms with Gasteiger partial charge in [-0.2, -0.15) is 0 Å². The molecule has 22 heavy (non-hydrogen) atoms. The Morgan fingerprint density at radius 1 is 0.909 bits per heavy atom. The molecule has 4 nitrogen and oxygen atoms in total. The largest absolute Gasteiger partial charge is 0.299 e. The van der Waals surface area contributed by atoms with E-state index in [-0.39, 0.29) is 0 Å². The summed E-state index contributed by atoms with van der Waals surface area (Å²) in [4.78, 5) is 2.54. The summed E-state index contributed by atoms with van der Waals surface area (Å²) in [6.45, 7) is 3.30. The summed E-state index contributed by atoms with van der Waals surface area (Å²) < 4.78 is 2.14. The van der Waals surface area contributed by atoms with Crippen molar-refractivity contribution in [1.29, 1.82) is 0 Å². The third kappa shape index (κ3) is 2.62. The minimum Gasteiger partial charge on any atom is -0.299 e. The summed E-state index contributed by atoms with van der Waals surface area (Å²) in [6, 6.07) is 16.8. The van der Waals surface area contributed by atoms with Crippen LogP contribution in [0.15, 0.2) is 54.7 Å². The molecule has 1 fully saturated rings. The summed E-state index contributed by atoms with van der Waals surface area (Å²) in [7, 11) is 0. The van der Waals surface area contributed by atoms with Crippen molar-refractivity contribution in [3.63, 3.8) is 0 Å². The molecule has 112 valence electrons. The Balaban J connectivity index is 1.43. The fourth-order valence-corrected chi connectivity index (χ4v) is 3.33. The zero-order chi connectivity index (χ0) is 14.8. The van der Waals surface area contributed by atoms with E-state index >= 15 is 0 Å². The fourth-order valence-electron chi connectivity index (χ4n) is 3.33. The van der Waals surface area contributed by atoms with Crippen LogP contribution in [0.5, 0.6) is 0 Å². The number of piperidine rings is 1. The van der Waals surface area contributed by atoms with Gasteiger partial charge in [0, 0.05) is 18.7 Å². The van der Waals surface area contributed by atoms with Crippen molar-refractivity contribution in [3.8, 4) is 0 Å². The lowest BCUT2D eigenvalue weighted by Gasteiger charge is -2.31. The summed E-state index contributed by atoms with van der Waals surface area (Å²) in [6.07, 6.45) is 4.38. The maximum atomic E-state index is 4.42. The molecule has 4 rings (SSSR count). The van der Waals surface area contributed by atoms with Gasteiger partial charge in [-0.25, -0.2) is 0 Å². The lowest BCUT2D eigenvalue weighted by molar-refractivity contribution is 0.201. The standard InChI is InChI=1S/C18H20N4/c1-2-6-15(7-3-1)14-21-12-9-16(10-13-21)18-20-19-17-8-4-5-11-22(17)18/h1-8,11,16H,9-10,12-14H2. The SMILES string of the molecule is c1ccc(CN2CCC(c3nnc4ccccn34)CC2)cc1. The maximum Gasteiger partial charge on any atom is 0.160 e. The van der Waals surface area contributed by atoms with Gasteiger partial charge >= 0.3 is 0 Å². The van der Waals surface area contributed by atoms with Gasteiger partial charge in [0.1, 0.15) is 5.82 Å². The Bertz CT molecular complexity index is 742. The predicted octanol–water partition coefficient (Wildman–Crippen LogP) is 3.11. The van der Waals surface area contributed by atoms with Crippen LogP contribution in [0.1, 0.15) is 30.1 Å². The van der Waals surface area contributed by atoms with Gasteiger partial charge in [0.25, 0.3) is 0 Å². The molecule has 0 N–H and O–H groups in total. The molecule has 0 saturated carbocycles. The quantitative estimate of drug-likeness (QED) is 0.744. The first-order chi connectivity index (χ1) is 10.9. The third-order valence-electron chi connectivity index (χ3n) is 4.54. The lowest BCUT2D eigenvalue weighted by Crippen LogP contribution is -2.33. The van der Waals surface area contributed by atoms with Crippen LogP contribution < -0.4 is 0 Å². The number of hydrogen-bond acceptors (Lipinski definition) is 3. The highest BCUT2D eigenvalue weighted by Gasteiger charge is 2.24. The molecule has 0 spiro atoms. The number of pyridine rings is 1. The predicted molar refractivity (Wildman–Crippen MR) is 86.7 cm³/mol. The molecule has 0 radical (unpaired) electrons. The number of benzene rings is 1. The Morgan fingerprint density at radius 3 is 2.50 bits per heavy atom. The van der Waals surface area contributed by atoms with E-state index in [1.165, 1.54) is 5.56 Å². The molecule has 1 aliphatic heterocycles. The number of aromatic nitrogens is 3. The van der Waals surface area contributed by atoms with Crippen LogP contribution in [-0.2, 0) is 6.54 Å².